The highest BCUT2D eigenvalue weighted by Gasteiger charge is 2.25. The minimum Gasteiger partial charge on any atom is -0.362 e. The molecule has 1 aliphatic heterocycles. The van der Waals surface area contributed by atoms with Crippen molar-refractivity contribution < 1.29 is 14.3 Å². The Bertz CT molecular complexity index is 212. The van der Waals surface area contributed by atoms with E-state index in [1.807, 2.05) is 0 Å². The number of carbonyl (C=O) groups excluding carboxylic acids is 2. The highest BCUT2D eigenvalue weighted by molar-refractivity contribution is 5.98. The second-order valence-corrected chi connectivity index (χ2v) is 2.07. The second kappa shape index (κ2) is 3.17. The van der Waals surface area contributed by atoms with E-state index < -0.39 is 0 Å². The molecule has 0 unspecified atom stereocenters. The van der Waals surface area contributed by atoms with Crippen molar-refractivity contribution in [2.24, 2.45) is 0 Å². The van der Waals surface area contributed by atoms with Gasteiger partial charge in [-0.3, -0.25) is 14.5 Å². The maximum atomic E-state index is 10.9. The van der Waals surface area contributed by atoms with E-state index >= 15 is 0 Å². The first-order chi connectivity index (χ1) is 5.25. The molecule has 11 heavy (non-hydrogen) atoms. The SMILES string of the molecule is C#CCN1C(=O)COCC1=O. The Hall–Kier alpha value is -1.34. The van der Waals surface area contributed by atoms with Gasteiger partial charge in [0.25, 0.3) is 11.8 Å². The molecule has 0 spiro atoms. The topological polar surface area (TPSA) is 46.6 Å². The van der Waals surface area contributed by atoms with Gasteiger partial charge >= 0.3 is 0 Å². The summed E-state index contributed by atoms with van der Waals surface area (Å²) >= 11 is 0. The molecule has 0 bridgehead atoms. The Morgan fingerprint density at radius 1 is 1.45 bits per heavy atom. The predicted octanol–water partition coefficient (Wildman–Crippen LogP) is -0.995. The molecule has 4 heteroatoms. The number of amides is 2. The number of terminal acetylenes is 1. The Kier molecular flexibility index (Phi) is 2.24. The zero-order valence-electron chi connectivity index (χ0n) is 5.87. The van der Waals surface area contributed by atoms with Gasteiger partial charge in [-0.15, -0.1) is 6.42 Å². The van der Waals surface area contributed by atoms with Gasteiger partial charge in [-0.05, 0) is 0 Å². The summed E-state index contributed by atoms with van der Waals surface area (Å²) in [7, 11) is 0. The normalized spacial score (nSPS) is 18.3. The van der Waals surface area contributed by atoms with Gasteiger partial charge in [-0.2, -0.15) is 0 Å². The summed E-state index contributed by atoms with van der Waals surface area (Å²) < 4.78 is 4.66. The highest BCUT2D eigenvalue weighted by Crippen LogP contribution is 1.98. The highest BCUT2D eigenvalue weighted by atomic mass is 16.5. The fourth-order valence-corrected chi connectivity index (χ4v) is 0.788. The number of ether oxygens (including phenoxy) is 1. The summed E-state index contributed by atoms with van der Waals surface area (Å²) in [5.74, 6) is 1.50. The van der Waals surface area contributed by atoms with E-state index in [9.17, 15) is 9.59 Å². The average Bonchev–Trinajstić information content (AvgIpc) is 1.97. The van der Waals surface area contributed by atoms with Crippen LogP contribution in [-0.4, -0.2) is 36.5 Å². The van der Waals surface area contributed by atoms with Crippen LogP contribution in [0.3, 0.4) is 0 Å². The minimum atomic E-state index is -0.362. The van der Waals surface area contributed by atoms with Gasteiger partial charge in [0.15, 0.2) is 0 Å². The standard InChI is InChI=1S/C7H7NO3/c1-2-3-8-6(9)4-11-5-7(8)10/h1H,3-5H2. The first-order valence-electron chi connectivity index (χ1n) is 3.10. The van der Waals surface area contributed by atoms with Gasteiger partial charge in [0.1, 0.15) is 13.2 Å². The lowest BCUT2D eigenvalue weighted by molar-refractivity contribution is -0.157. The molecule has 0 atom stereocenters. The first-order valence-corrected chi connectivity index (χ1v) is 3.10. The smallest absolute Gasteiger partial charge is 0.256 e. The molecule has 0 aromatic carbocycles. The number of morpholine rings is 1. The summed E-state index contributed by atoms with van der Waals surface area (Å²) in [4.78, 5) is 22.8. The Balaban J connectivity index is 2.64. The van der Waals surface area contributed by atoms with Crippen LogP contribution in [0.15, 0.2) is 0 Å². The van der Waals surface area contributed by atoms with Crippen molar-refractivity contribution in [1.82, 2.24) is 4.90 Å². The number of hydrogen-bond acceptors (Lipinski definition) is 3. The van der Waals surface area contributed by atoms with Gasteiger partial charge in [0.05, 0.1) is 6.54 Å². The van der Waals surface area contributed by atoms with E-state index in [-0.39, 0.29) is 31.6 Å². The third-order valence-electron chi connectivity index (χ3n) is 1.30. The van der Waals surface area contributed by atoms with Gasteiger partial charge in [0.2, 0.25) is 0 Å². The lowest BCUT2D eigenvalue weighted by Crippen LogP contribution is -2.46. The zero-order valence-corrected chi connectivity index (χ0v) is 5.87. The Morgan fingerprint density at radius 2 is 2.00 bits per heavy atom. The zero-order chi connectivity index (χ0) is 8.27. The van der Waals surface area contributed by atoms with Crippen molar-refractivity contribution in [2.75, 3.05) is 19.8 Å². The maximum Gasteiger partial charge on any atom is 0.256 e. The largest absolute Gasteiger partial charge is 0.362 e. The van der Waals surface area contributed by atoms with Crippen LogP contribution >= 0.6 is 0 Å². The number of imide groups is 1. The minimum absolute atomic E-state index is 0.0427. The average molecular weight is 153 g/mol. The van der Waals surface area contributed by atoms with Crippen molar-refractivity contribution in [3.63, 3.8) is 0 Å². The summed E-state index contributed by atoms with van der Waals surface area (Å²) in [6, 6.07) is 0. The molecule has 4 nitrogen and oxygen atoms in total. The van der Waals surface area contributed by atoms with Crippen LogP contribution in [0.4, 0.5) is 0 Å². The van der Waals surface area contributed by atoms with Crippen LogP contribution < -0.4 is 0 Å². The molecule has 1 fully saturated rings. The van der Waals surface area contributed by atoms with E-state index in [0.717, 1.165) is 4.90 Å². The van der Waals surface area contributed by atoms with E-state index in [1.54, 1.807) is 0 Å². The number of hydrogen-bond donors (Lipinski definition) is 0. The molecular weight excluding hydrogens is 146 g/mol. The van der Waals surface area contributed by atoms with Gasteiger partial charge < -0.3 is 4.74 Å². The maximum absolute atomic E-state index is 10.9. The van der Waals surface area contributed by atoms with Crippen molar-refractivity contribution in [2.45, 2.75) is 0 Å². The van der Waals surface area contributed by atoms with E-state index in [2.05, 4.69) is 10.7 Å². The van der Waals surface area contributed by atoms with Gasteiger partial charge in [0, 0.05) is 0 Å². The molecule has 0 radical (unpaired) electrons. The number of rotatable bonds is 1. The molecule has 0 saturated carbocycles. The van der Waals surface area contributed by atoms with Gasteiger partial charge in [-0.1, -0.05) is 5.92 Å². The van der Waals surface area contributed by atoms with Gasteiger partial charge in [-0.25, -0.2) is 0 Å². The molecule has 0 aliphatic carbocycles. The Morgan fingerprint density at radius 3 is 2.45 bits per heavy atom. The first kappa shape index (κ1) is 7.76. The fourth-order valence-electron chi connectivity index (χ4n) is 0.788. The van der Waals surface area contributed by atoms with Crippen LogP contribution in [0.5, 0.6) is 0 Å². The van der Waals surface area contributed by atoms with E-state index in [1.165, 1.54) is 0 Å². The van der Waals surface area contributed by atoms with Crippen molar-refractivity contribution in [3.8, 4) is 12.3 Å². The van der Waals surface area contributed by atoms with Crippen LogP contribution in [0.1, 0.15) is 0 Å². The van der Waals surface area contributed by atoms with Crippen molar-refractivity contribution in [1.29, 1.82) is 0 Å². The molecule has 0 aromatic rings. The Labute approximate surface area is 64.1 Å². The summed E-state index contributed by atoms with van der Waals surface area (Å²) in [5.41, 5.74) is 0. The molecule has 58 valence electrons. The van der Waals surface area contributed by atoms with Crippen LogP contribution in [0.25, 0.3) is 0 Å². The lowest BCUT2D eigenvalue weighted by Gasteiger charge is -2.22. The quantitative estimate of drug-likeness (QED) is 0.359. The molecular formula is C7H7NO3. The third kappa shape index (κ3) is 1.57. The molecule has 1 saturated heterocycles. The fraction of sp³-hybridized carbons (Fsp3) is 0.429. The summed E-state index contributed by atoms with van der Waals surface area (Å²) in [6.07, 6.45) is 4.95. The van der Waals surface area contributed by atoms with Crippen LogP contribution in [0.2, 0.25) is 0 Å². The van der Waals surface area contributed by atoms with Crippen LogP contribution in [0, 0.1) is 12.3 Å². The second-order valence-electron chi connectivity index (χ2n) is 2.07. The monoisotopic (exact) mass is 153 g/mol. The summed E-state index contributed by atoms with van der Waals surface area (Å²) in [5, 5.41) is 0. The third-order valence-corrected chi connectivity index (χ3v) is 1.30. The molecule has 0 N–H and O–H groups in total. The number of nitrogens with zero attached hydrogens (tertiary/aromatic N) is 1. The molecule has 1 aliphatic rings. The predicted molar refractivity (Wildman–Crippen MR) is 36.4 cm³/mol. The van der Waals surface area contributed by atoms with Crippen LogP contribution in [-0.2, 0) is 14.3 Å². The van der Waals surface area contributed by atoms with Crippen molar-refractivity contribution in [3.05, 3.63) is 0 Å². The number of carbonyl (C=O) groups is 2. The molecule has 1 rings (SSSR count). The molecule has 2 amide bonds. The van der Waals surface area contributed by atoms with E-state index in [4.69, 9.17) is 6.42 Å². The molecule has 0 aromatic heterocycles. The van der Waals surface area contributed by atoms with E-state index in [0.29, 0.717) is 0 Å². The van der Waals surface area contributed by atoms with Crippen molar-refractivity contribution >= 4 is 11.8 Å². The molecule has 1 heterocycles. The summed E-state index contributed by atoms with van der Waals surface area (Å²) in [6.45, 7) is -0.0537. The lowest BCUT2D eigenvalue weighted by atomic mass is 10.4.